The molecule has 1 heterocycles. The average molecular weight is 330 g/mol. The van der Waals surface area contributed by atoms with Crippen LogP contribution in [-0.2, 0) is 11.2 Å². The molecular weight excluding hydrogens is 308 g/mol. The highest BCUT2D eigenvalue weighted by Gasteiger charge is 2.21. The molecule has 23 heavy (non-hydrogen) atoms. The van der Waals surface area contributed by atoms with Crippen LogP contribution in [0.1, 0.15) is 49.9 Å². The molecule has 1 atom stereocenters. The standard InChI is InChI=1S/C17H22N4OS/c1-12(2)21-11-18-20-17(21)23-10-16(22)19-15-9-5-7-13-6-3-4-8-14(13)15/h3-4,6,8,11-12,15H,5,7,9-10H2,1-2H3,(H,19,22). The second-order valence-corrected chi connectivity index (χ2v) is 7.06. The number of fused-ring (bicyclic) bond motifs is 1. The van der Waals surface area contributed by atoms with Gasteiger partial charge in [0.25, 0.3) is 0 Å². The van der Waals surface area contributed by atoms with Crippen molar-refractivity contribution in [3.05, 3.63) is 41.7 Å². The Balaban J connectivity index is 1.59. The van der Waals surface area contributed by atoms with Gasteiger partial charge in [0.1, 0.15) is 6.33 Å². The predicted molar refractivity (Wildman–Crippen MR) is 91.4 cm³/mol. The molecule has 1 N–H and O–H groups in total. The van der Waals surface area contributed by atoms with E-state index in [2.05, 4.69) is 47.6 Å². The lowest BCUT2D eigenvalue weighted by Gasteiger charge is -2.26. The van der Waals surface area contributed by atoms with E-state index in [1.807, 2.05) is 10.6 Å². The van der Waals surface area contributed by atoms with E-state index >= 15 is 0 Å². The summed E-state index contributed by atoms with van der Waals surface area (Å²) in [6, 6.07) is 8.83. The maximum absolute atomic E-state index is 12.3. The van der Waals surface area contributed by atoms with Crippen molar-refractivity contribution >= 4 is 17.7 Å². The number of carbonyl (C=O) groups is 1. The number of aryl methyl sites for hydroxylation is 1. The molecule has 0 radical (unpaired) electrons. The Kier molecular flexibility index (Phi) is 5.00. The summed E-state index contributed by atoms with van der Waals surface area (Å²) in [5.74, 6) is 0.416. The molecule has 0 fully saturated rings. The first kappa shape index (κ1) is 16.1. The van der Waals surface area contributed by atoms with Gasteiger partial charge in [0, 0.05) is 6.04 Å². The van der Waals surface area contributed by atoms with Crippen LogP contribution >= 0.6 is 11.8 Å². The molecule has 0 bridgehead atoms. The van der Waals surface area contributed by atoms with E-state index in [0.717, 1.165) is 24.4 Å². The number of carbonyl (C=O) groups excluding carboxylic acids is 1. The lowest BCUT2D eigenvalue weighted by Crippen LogP contribution is -2.32. The highest BCUT2D eigenvalue weighted by atomic mass is 32.2. The van der Waals surface area contributed by atoms with E-state index in [9.17, 15) is 4.79 Å². The summed E-state index contributed by atoms with van der Waals surface area (Å²) < 4.78 is 1.98. The summed E-state index contributed by atoms with van der Waals surface area (Å²) in [6.07, 6.45) is 4.95. The number of hydrogen-bond acceptors (Lipinski definition) is 4. The molecule has 1 unspecified atom stereocenters. The van der Waals surface area contributed by atoms with Gasteiger partial charge in [-0.25, -0.2) is 0 Å². The minimum atomic E-state index is 0.0509. The van der Waals surface area contributed by atoms with Gasteiger partial charge in [-0.3, -0.25) is 4.79 Å². The lowest BCUT2D eigenvalue weighted by molar-refractivity contribution is -0.119. The zero-order valence-electron chi connectivity index (χ0n) is 13.5. The monoisotopic (exact) mass is 330 g/mol. The van der Waals surface area contributed by atoms with E-state index in [1.54, 1.807) is 6.33 Å². The number of benzene rings is 1. The third-order valence-electron chi connectivity index (χ3n) is 4.13. The smallest absolute Gasteiger partial charge is 0.230 e. The van der Waals surface area contributed by atoms with Gasteiger partial charge >= 0.3 is 0 Å². The van der Waals surface area contributed by atoms with E-state index in [0.29, 0.717) is 11.8 Å². The molecule has 0 saturated heterocycles. The first-order valence-corrected chi connectivity index (χ1v) is 9.03. The number of amides is 1. The zero-order chi connectivity index (χ0) is 16.2. The molecule has 122 valence electrons. The number of nitrogens with zero attached hydrogens (tertiary/aromatic N) is 3. The molecule has 1 aliphatic rings. The van der Waals surface area contributed by atoms with Crippen LogP contribution in [0.25, 0.3) is 0 Å². The van der Waals surface area contributed by atoms with Crippen LogP contribution in [0.2, 0.25) is 0 Å². The van der Waals surface area contributed by atoms with Gasteiger partial charge in [-0.05, 0) is 44.2 Å². The Morgan fingerprint density at radius 2 is 2.26 bits per heavy atom. The van der Waals surface area contributed by atoms with Crippen molar-refractivity contribution in [2.45, 2.75) is 50.4 Å². The number of aromatic nitrogens is 3. The van der Waals surface area contributed by atoms with Crippen molar-refractivity contribution in [3.8, 4) is 0 Å². The van der Waals surface area contributed by atoms with Gasteiger partial charge in [-0.15, -0.1) is 10.2 Å². The van der Waals surface area contributed by atoms with Crippen LogP contribution in [0.5, 0.6) is 0 Å². The van der Waals surface area contributed by atoms with Crippen molar-refractivity contribution in [1.82, 2.24) is 20.1 Å². The van der Waals surface area contributed by atoms with Crippen LogP contribution < -0.4 is 5.32 Å². The van der Waals surface area contributed by atoms with Gasteiger partial charge < -0.3 is 9.88 Å². The summed E-state index contributed by atoms with van der Waals surface area (Å²) >= 11 is 1.44. The molecule has 5 nitrogen and oxygen atoms in total. The van der Waals surface area contributed by atoms with Crippen LogP contribution in [0.4, 0.5) is 0 Å². The first-order valence-electron chi connectivity index (χ1n) is 8.04. The summed E-state index contributed by atoms with van der Waals surface area (Å²) in [6.45, 7) is 4.15. The molecule has 2 aromatic rings. The highest BCUT2D eigenvalue weighted by Crippen LogP contribution is 2.29. The fourth-order valence-electron chi connectivity index (χ4n) is 2.96. The molecule has 0 aliphatic heterocycles. The van der Waals surface area contributed by atoms with Crippen LogP contribution in [0, 0.1) is 0 Å². The molecule has 0 saturated carbocycles. The third-order valence-corrected chi connectivity index (χ3v) is 5.09. The lowest BCUT2D eigenvalue weighted by atomic mass is 9.88. The summed E-state index contributed by atoms with van der Waals surface area (Å²) in [4.78, 5) is 12.3. The zero-order valence-corrected chi connectivity index (χ0v) is 14.3. The van der Waals surface area contributed by atoms with E-state index in [-0.39, 0.29) is 11.9 Å². The van der Waals surface area contributed by atoms with Crippen molar-refractivity contribution in [1.29, 1.82) is 0 Å². The first-order chi connectivity index (χ1) is 11.1. The SMILES string of the molecule is CC(C)n1cnnc1SCC(=O)NC1CCCc2ccccc21. The fourth-order valence-corrected chi connectivity index (χ4v) is 3.81. The van der Waals surface area contributed by atoms with Gasteiger partial charge in [-0.1, -0.05) is 36.0 Å². The van der Waals surface area contributed by atoms with Crippen molar-refractivity contribution in [2.75, 3.05) is 5.75 Å². The van der Waals surface area contributed by atoms with Crippen molar-refractivity contribution < 1.29 is 4.79 Å². The van der Waals surface area contributed by atoms with E-state index < -0.39 is 0 Å². The summed E-state index contributed by atoms with van der Waals surface area (Å²) in [5.41, 5.74) is 2.62. The molecular formula is C17H22N4OS. The maximum atomic E-state index is 12.3. The second-order valence-electron chi connectivity index (χ2n) is 6.11. The Labute approximate surface area is 140 Å². The summed E-state index contributed by atoms with van der Waals surface area (Å²) in [7, 11) is 0. The average Bonchev–Trinajstić information content (AvgIpc) is 3.02. The van der Waals surface area contributed by atoms with Gasteiger partial charge in [0.2, 0.25) is 5.91 Å². The fraction of sp³-hybridized carbons (Fsp3) is 0.471. The molecule has 0 spiro atoms. The second kappa shape index (κ2) is 7.17. The summed E-state index contributed by atoms with van der Waals surface area (Å²) in [5, 5.41) is 12.0. The Morgan fingerprint density at radius 1 is 1.43 bits per heavy atom. The number of hydrogen-bond donors (Lipinski definition) is 1. The van der Waals surface area contributed by atoms with Gasteiger partial charge in [-0.2, -0.15) is 0 Å². The van der Waals surface area contributed by atoms with Crippen molar-refractivity contribution in [2.24, 2.45) is 0 Å². The molecule has 1 amide bonds. The number of thioether (sulfide) groups is 1. The van der Waals surface area contributed by atoms with Gasteiger partial charge in [0.05, 0.1) is 11.8 Å². The third kappa shape index (κ3) is 3.75. The molecule has 3 rings (SSSR count). The quantitative estimate of drug-likeness (QED) is 0.856. The van der Waals surface area contributed by atoms with Gasteiger partial charge in [0.15, 0.2) is 5.16 Å². The normalized spacial score (nSPS) is 17.1. The Bertz CT molecular complexity index is 683. The van der Waals surface area contributed by atoms with E-state index in [1.165, 1.54) is 22.9 Å². The minimum Gasteiger partial charge on any atom is -0.349 e. The maximum Gasteiger partial charge on any atom is 0.230 e. The predicted octanol–water partition coefficient (Wildman–Crippen LogP) is 3.14. The Morgan fingerprint density at radius 3 is 3.09 bits per heavy atom. The number of nitrogens with one attached hydrogen (secondary N) is 1. The molecule has 6 heteroatoms. The molecule has 1 aromatic carbocycles. The molecule has 1 aromatic heterocycles. The largest absolute Gasteiger partial charge is 0.349 e. The minimum absolute atomic E-state index is 0.0509. The number of rotatable bonds is 5. The molecule has 1 aliphatic carbocycles. The topological polar surface area (TPSA) is 59.8 Å². The Hall–Kier alpha value is -1.82. The van der Waals surface area contributed by atoms with Crippen LogP contribution in [0.15, 0.2) is 35.7 Å². The van der Waals surface area contributed by atoms with E-state index in [4.69, 9.17) is 0 Å². The van der Waals surface area contributed by atoms with Crippen LogP contribution in [-0.4, -0.2) is 26.4 Å². The van der Waals surface area contributed by atoms with Crippen molar-refractivity contribution in [3.63, 3.8) is 0 Å². The van der Waals surface area contributed by atoms with Crippen LogP contribution in [0.3, 0.4) is 0 Å². The highest BCUT2D eigenvalue weighted by molar-refractivity contribution is 7.99.